The number of nitrogens with zero attached hydrogens (tertiary/aromatic N) is 1. The molecule has 0 aliphatic carbocycles. The Kier molecular flexibility index (Phi) is 5.08. The van der Waals surface area contributed by atoms with Gasteiger partial charge in [-0.1, -0.05) is 19.1 Å². The molecule has 0 aromatic carbocycles. The van der Waals surface area contributed by atoms with Crippen molar-refractivity contribution in [3.05, 3.63) is 17.0 Å². The molecule has 0 spiro atoms. The summed E-state index contributed by atoms with van der Waals surface area (Å²) in [7, 11) is -3.62. The molecule has 1 heterocycles. The van der Waals surface area contributed by atoms with Crippen LogP contribution >= 0.6 is 23.6 Å². The molecule has 0 unspecified atom stereocenters. The summed E-state index contributed by atoms with van der Waals surface area (Å²) in [5.74, 6) is 0. The monoisotopic (exact) mass is 322 g/mol. The van der Waals surface area contributed by atoms with Gasteiger partial charge in [-0.15, -0.1) is 11.3 Å². The second-order valence-corrected chi connectivity index (χ2v) is 8.41. The van der Waals surface area contributed by atoms with Gasteiger partial charge in [-0.25, -0.2) is 8.42 Å². The van der Waals surface area contributed by atoms with Crippen LogP contribution in [0.1, 0.15) is 25.6 Å². The van der Waals surface area contributed by atoms with E-state index in [4.69, 9.17) is 18.0 Å². The normalized spacial score (nSPS) is 12.9. The third-order valence-electron chi connectivity index (χ3n) is 2.33. The molecule has 0 bridgehead atoms. The highest BCUT2D eigenvalue weighted by molar-refractivity contribution is 7.91. The van der Waals surface area contributed by atoms with Crippen LogP contribution in [0.25, 0.3) is 0 Å². The van der Waals surface area contributed by atoms with E-state index in [9.17, 15) is 13.5 Å². The fourth-order valence-electron chi connectivity index (χ4n) is 1.52. The summed E-state index contributed by atoms with van der Waals surface area (Å²) in [6.45, 7) is 5.18. The predicted molar refractivity (Wildman–Crippen MR) is 80.9 cm³/mol. The minimum atomic E-state index is -3.62. The molecule has 0 saturated carbocycles. The summed E-state index contributed by atoms with van der Waals surface area (Å²) in [6, 6.07) is 3.08. The van der Waals surface area contributed by atoms with E-state index in [0.717, 1.165) is 11.3 Å². The third-order valence-corrected chi connectivity index (χ3v) is 6.19. The third kappa shape index (κ3) is 4.22. The number of hydrogen-bond donors (Lipinski definition) is 2. The molecule has 0 saturated heterocycles. The van der Waals surface area contributed by atoms with Crippen LogP contribution in [0, 0.1) is 0 Å². The van der Waals surface area contributed by atoms with Gasteiger partial charge in [0.15, 0.2) is 0 Å². The summed E-state index contributed by atoms with van der Waals surface area (Å²) >= 11 is 5.86. The zero-order chi connectivity index (χ0) is 14.8. The maximum atomic E-state index is 12.4. The topological polar surface area (TPSA) is 83.6 Å². The lowest BCUT2D eigenvalue weighted by Crippen LogP contribution is -2.41. The van der Waals surface area contributed by atoms with Crippen molar-refractivity contribution < 1.29 is 13.5 Å². The number of likely N-dealkylation sites (N-methyl/N-ethyl adjacent to an activating group) is 1. The highest BCUT2D eigenvalue weighted by Crippen LogP contribution is 2.25. The van der Waals surface area contributed by atoms with Gasteiger partial charge in [0.05, 0.1) is 10.5 Å². The van der Waals surface area contributed by atoms with Gasteiger partial charge in [0, 0.05) is 13.1 Å². The van der Waals surface area contributed by atoms with Crippen LogP contribution in [0.2, 0.25) is 0 Å². The first kappa shape index (κ1) is 16.5. The molecule has 5 nitrogen and oxygen atoms in total. The Labute approximate surface area is 123 Å². The Bertz CT molecular complexity index is 558. The summed E-state index contributed by atoms with van der Waals surface area (Å²) in [5, 5.41) is 9.78. The van der Waals surface area contributed by atoms with E-state index in [2.05, 4.69) is 0 Å². The zero-order valence-corrected chi connectivity index (χ0v) is 13.5. The van der Waals surface area contributed by atoms with Crippen molar-refractivity contribution in [1.82, 2.24) is 4.31 Å². The van der Waals surface area contributed by atoms with Gasteiger partial charge in [-0.3, -0.25) is 0 Å². The molecule has 0 fully saturated rings. The minimum absolute atomic E-state index is 0.0339. The van der Waals surface area contributed by atoms with Gasteiger partial charge in [-0.05, 0) is 26.0 Å². The number of hydrogen-bond acceptors (Lipinski definition) is 5. The molecule has 8 heteroatoms. The molecule has 0 amide bonds. The smallest absolute Gasteiger partial charge is 0.252 e. The van der Waals surface area contributed by atoms with Crippen LogP contribution < -0.4 is 5.73 Å². The molecule has 1 aromatic heterocycles. The van der Waals surface area contributed by atoms with Crippen molar-refractivity contribution in [3.8, 4) is 0 Å². The van der Waals surface area contributed by atoms with Gasteiger partial charge in [0.25, 0.3) is 10.0 Å². The molecule has 0 radical (unpaired) electrons. The highest BCUT2D eigenvalue weighted by atomic mass is 32.2. The summed E-state index contributed by atoms with van der Waals surface area (Å²) in [4.78, 5) is 0.741. The Morgan fingerprint density at radius 2 is 2.11 bits per heavy atom. The fourth-order valence-corrected chi connectivity index (χ4v) is 4.63. The van der Waals surface area contributed by atoms with E-state index < -0.39 is 15.6 Å². The van der Waals surface area contributed by atoms with E-state index in [-0.39, 0.29) is 22.3 Å². The largest absolute Gasteiger partial charge is 0.389 e. The number of aliphatic hydroxyl groups is 1. The number of sulfonamides is 1. The Morgan fingerprint density at radius 1 is 1.53 bits per heavy atom. The number of nitrogens with two attached hydrogens (primary N) is 1. The molecule has 0 atom stereocenters. The standard InChI is InChI=1S/C11H18N2O3S3/c1-4-13(7-11(2,3)14)19(15,16)9-6-5-8(18-9)10(12)17/h5-6,14H,4,7H2,1-3H3,(H2,12,17). The van der Waals surface area contributed by atoms with Gasteiger partial charge in [0.2, 0.25) is 0 Å². The average Bonchev–Trinajstić information content (AvgIpc) is 2.74. The van der Waals surface area contributed by atoms with Crippen LogP contribution in [0.4, 0.5) is 0 Å². The van der Waals surface area contributed by atoms with Crippen LogP contribution in [-0.4, -0.2) is 41.5 Å². The molecular weight excluding hydrogens is 304 g/mol. The Hall–Kier alpha value is -0.540. The lowest BCUT2D eigenvalue weighted by molar-refractivity contribution is 0.0602. The second kappa shape index (κ2) is 5.84. The van der Waals surface area contributed by atoms with Crippen molar-refractivity contribution >= 4 is 38.6 Å². The van der Waals surface area contributed by atoms with E-state index in [1.807, 2.05) is 0 Å². The molecule has 1 rings (SSSR count). The minimum Gasteiger partial charge on any atom is -0.389 e. The van der Waals surface area contributed by atoms with Crippen LogP contribution in [0.5, 0.6) is 0 Å². The van der Waals surface area contributed by atoms with Gasteiger partial charge >= 0.3 is 0 Å². The van der Waals surface area contributed by atoms with E-state index in [1.54, 1.807) is 26.8 Å². The first-order valence-corrected chi connectivity index (χ1v) is 8.36. The molecule has 3 N–H and O–H groups in total. The molecular formula is C11H18N2O3S3. The van der Waals surface area contributed by atoms with Gasteiger partial charge in [-0.2, -0.15) is 4.31 Å². The Balaban J connectivity index is 3.10. The first-order chi connectivity index (χ1) is 8.58. The lowest BCUT2D eigenvalue weighted by atomic mass is 10.1. The molecule has 19 heavy (non-hydrogen) atoms. The quantitative estimate of drug-likeness (QED) is 0.768. The summed E-state index contributed by atoms with van der Waals surface area (Å²) < 4.78 is 26.3. The van der Waals surface area contributed by atoms with Crippen molar-refractivity contribution in [2.45, 2.75) is 30.6 Å². The summed E-state index contributed by atoms with van der Waals surface area (Å²) in [6.07, 6.45) is 0. The molecule has 108 valence electrons. The van der Waals surface area contributed by atoms with Crippen molar-refractivity contribution in [2.75, 3.05) is 13.1 Å². The van der Waals surface area contributed by atoms with Crippen LogP contribution in [-0.2, 0) is 10.0 Å². The SMILES string of the molecule is CCN(CC(C)(C)O)S(=O)(=O)c1ccc(C(N)=S)s1. The highest BCUT2D eigenvalue weighted by Gasteiger charge is 2.29. The van der Waals surface area contributed by atoms with Gasteiger partial charge in [0.1, 0.15) is 9.20 Å². The number of rotatable bonds is 6. The predicted octanol–water partition coefficient (Wildman–Crippen LogP) is 1.16. The van der Waals surface area contributed by atoms with Crippen LogP contribution in [0.15, 0.2) is 16.3 Å². The Morgan fingerprint density at radius 3 is 2.47 bits per heavy atom. The number of thiophene rings is 1. The zero-order valence-electron chi connectivity index (χ0n) is 11.1. The first-order valence-electron chi connectivity index (χ1n) is 5.70. The maximum absolute atomic E-state index is 12.4. The second-order valence-electron chi connectivity index (χ2n) is 4.73. The van der Waals surface area contributed by atoms with Crippen molar-refractivity contribution in [1.29, 1.82) is 0 Å². The summed E-state index contributed by atoms with van der Waals surface area (Å²) in [5.41, 5.74) is 4.38. The maximum Gasteiger partial charge on any atom is 0.252 e. The van der Waals surface area contributed by atoms with E-state index in [0.29, 0.717) is 4.88 Å². The number of thiocarbonyl (C=S) groups is 1. The van der Waals surface area contributed by atoms with E-state index in [1.165, 1.54) is 10.4 Å². The molecule has 1 aromatic rings. The van der Waals surface area contributed by atoms with Crippen molar-refractivity contribution in [2.24, 2.45) is 5.73 Å². The average molecular weight is 322 g/mol. The van der Waals surface area contributed by atoms with Crippen LogP contribution in [0.3, 0.4) is 0 Å². The van der Waals surface area contributed by atoms with Crippen molar-refractivity contribution in [3.63, 3.8) is 0 Å². The molecule has 0 aliphatic rings. The molecule has 0 aliphatic heterocycles. The van der Waals surface area contributed by atoms with Gasteiger partial charge < -0.3 is 10.8 Å². The lowest BCUT2D eigenvalue weighted by Gasteiger charge is -2.26. The van der Waals surface area contributed by atoms with E-state index >= 15 is 0 Å². The fraction of sp³-hybridized carbons (Fsp3) is 0.545.